The Morgan fingerprint density at radius 1 is 1.00 bits per heavy atom. The van der Waals surface area contributed by atoms with Gasteiger partial charge in [-0.3, -0.25) is 9.59 Å². The maximum atomic E-state index is 12.3. The predicted molar refractivity (Wildman–Crippen MR) is 116 cm³/mol. The lowest BCUT2D eigenvalue weighted by Crippen LogP contribution is -2.30. The summed E-state index contributed by atoms with van der Waals surface area (Å²) in [5.74, 6) is -0.749. The van der Waals surface area contributed by atoms with E-state index in [4.69, 9.17) is 4.74 Å². The minimum atomic E-state index is -0.564. The van der Waals surface area contributed by atoms with Crippen LogP contribution in [0.2, 0.25) is 0 Å². The van der Waals surface area contributed by atoms with Gasteiger partial charge < -0.3 is 19.4 Å². The fraction of sp³-hybridized carbons (Fsp3) is 0.348. The van der Waals surface area contributed by atoms with Crippen molar-refractivity contribution in [2.24, 2.45) is 0 Å². The van der Waals surface area contributed by atoms with Crippen molar-refractivity contribution in [3.63, 3.8) is 0 Å². The van der Waals surface area contributed by atoms with E-state index >= 15 is 0 Å². The molecule has 2 aromatic carbocycles. The largest absolute Gasteiger partial charge is 0.452 e. The van der Waals surface area contributed by atoms with Crippen molar-refractivity contribution in [1.29, 1.82) is 0 Å². The molecule has 1 saturated heterocycles. The zero-order valence-electron chi connectivity index (χ0n) is 17.6. The van der Waals surface area contributed by atoms with Crippen LogP contribution in [0.4, 0.5) is 11.4 Å². The number of nitrogens with zero attached hydrogens (tertiary/aromatic N) is 3. The Kier molecular flexibility index (Phi) is 6.72. The molecule has 7 heteroatoms. The fourth-order valence-corrected chi connectivity index (χ4v) is 3.28. The number of carbonyl (C=O) groups excluding carboxylic acids is 3. The molecule has 1 heterocycles. The summed E-state index contributed by atoms with van der Waals surface area (Å²) in [4.78, 5) is 41.6. The minimum Gasteiger partial charge on any atom is -0.452 e. The van der Waals surface area contributed by atoms with Gasteiger partial charge in [0.1, 0.15) is 0 Å². The maximum Gasteiger partial charge on any atom is 0.338 e. The molecule has 0 radical (unpaired) electrons. The molecule has 3 rings (SSSR count). The van der Waals surface area contributed by atoms with Gasteiger partial charge in [0.2, 0.25) is 5.91 Å². The van der Waals surface area contributed by atoms with Crippen molar-refractivity contribution in [2.45, 2.75) is 19.4 Å². The number of likely N-dealkylation sites (N-methyl/N-ethyl adjacent to an activating group) is 1. The zero-order chi connectivity index (χ0) is 21.7. The summed E-state index contributed by atoms with van der Waals surface area (Å²) in [6.45, 7) is 0.807. The second-order valence-corrected chi connectivity index (χ2v) is 7.58. The number of hydrogen-bond acceptors (Lipinski definition) is 5. The lowest BCUT2D eigenvalue weighted by Gasteiger charge is -2.18. The van der Waals surface area contributed by atoms with Gasteiger partial charge in [0.25, 0.3) is 5.91 Å². The molecule has 1 aliphatic rings. The molecule has 1 aliphatic heterocycles. The van der Waals surface area contributed by atoms with Crippen LogP contribution < -0.4 is 9.80 Å². The van der Waals surface area contributed by atoms with Crippen molar-refractivity contribution < 1.29 is 19.1 Å². The molecule has 0 spiro atoms. The van der Waals surface area contributed by atoms with Crippen LogP contribution >= 0.6 is 0 Å². The second-order valence-electron chi connectivity index (χ2n) is 7.58. The number of ether oxygens (including phenoxy) is 1. The molecule has 1 fully saturated rings. The topological polar surface area (TPSA) is 70.2 Å². The van der Waals surface area contributed by atoms with Crippen molar-refractivity contribution in [1.82, 2.24) is 4.90 Å². The first-order chi connectivity index (χ1) is 14.3. The summed E-state index contributed by atoms with van der Waals surface area (Å²) in [5.41, 5.74) is 3.20. The van der Waals surface area contributed by atoms with Gasteiger partial charge >= 0.3 is 5.97 Å². The summed E-state index contributed by atoms with van der Waals surface area (Å²) in [7, 11) is 5.62. The first-order valence-corrected chi connectivity index (χ1v) is 9.93. The van der Waals surface area contributed by atoms with E-state index in [0.717, 1.165) is 23.4 Å². The highest BCUT2D eigenvalue weighted by atomic mass is 16.5. The van der Waals surface area contributed by atoms with Crippen molar-refractivity contribution in [3.05, 3.63) is 59.7 Å². The van der Waals surface area contributed by atoms with Gasteiger partial charge in [-0.1, -0.05) is 12.1 Å². The van der Waals surface area contributed by atoms with Gasteiger partial charge in [0.05, 0.1) is 5.56 Å². The number of esters is 1. The van der Waals surface area contributed by atoms with E-state index in [1.165, 1.54) is 4.90 Å². The summed E-state index contributed by atoms with van der Waals surface area (Å²) in [5, 5.41) is 0. The standard InChI is InChI=1S/C23H27N3O4/c1-24(2)19-10-6-17(7-11-19)15-25(3)22(28)16-30-23(29)18-8-12-20(13-9-18)26-14-4-5-21(26)27/h6-13H,4-5,14-16H2,1-3H3. The fourth-order valence-electron chi connectivity index (χ4n) is 3.28. The van der Waals surface area contributed by atoms with Crippen LogP contribution in [-0.2, 0) is 20.9 Å². The summed E-state index contributed by atoms with van der Waals surface area (Å²) in [6.07, 6.45) is 1.40. The molecule has 2 aromatic rings. The molecule has 0 aliphatic carbocycles. The van der Waals surface area contributed by atoms with Gasteiger partial charge in [-0.05, 0) is 48.4 Å². The average molecular weight is 409 g/mol. The molecule has 0 aromatic heterocycles. The smallest absolute Gasteiger partial charge is 0.338 e. The van der Waals surface area contributed by atoms with E-state index in [2.05, 4.69) is 0 Å². The van der Waals surface area contributed by atoms with E-state index in [9.17, 15) is 14.4 Å². The van der Waals surface area contributed by atoms with Crippen molar-refractivity contribution in [2.75, 3.05) is 44.1 Å². The second kappa shape index (κ2) is 9.43. The quantitative estimate of drug-likeness (QED) is 0.658. The molecule has 0 bridgehead atoms. The van der Waals surface area contributed by atoms with Gasteiger partial charge in [0, 0.05) is 52.0 Å². The van der Waals surface area contributed by atoms with Crippen LogP contribution in [0.15, 0.2) is 48.5 Å². The molecule has 30 heavy (non-hydrogen) atoms. The van der Waals surface area contributed by atoms with Gasteiger partial charge in [-0.2, -0.15) is 0 Å². The minimum absolute atomic E-state index is 0.0929. The molecule has 0 N–H and O–H groups in total. The lowest BCUT2D eigenvalue weighted by molar-refractivity contribution is -0.133. The van der Waals surface area contributed by atoms with E-state index in [0.29, 0.717) is 25.1 Å². The summed E-state index contributed by atoms with van der Waals surface area (Å²) < 4.78 is 5.17. The van der Waals surface area contributed by atoms with Gasteiger partial charge in [-0.25, -0.2) is 4.79 Å². The average Bonchev–Trinajstić information content (AvgIpc) is 3.18. The van der Waals surface area contributed by atoms with Crippen LogP contribution in [0, 0.1) is 0 Å². The van der Waals surface area contributed by atoms with Crippen LogP contribution in [0.25, 0.3) is 0 Å². The van der Waals surface area contributed by atoms with E-state index in [-0.39, 0.29) is 18.4 Å². The molecule has 0 saturated carbocycles. The number of rotatable bonds is 7. The number of benzene rings is 2. The molecule has 7 nitrogen and oxygen atoms in total. The first kappa shape index (κ1) is 21.4. The highest BCUT2D eigenvalue weighted by molar-refractivity contribution is 5.96. The van der Waals surface area contributed by atoms with Crippen molar-refractivity contribution in [3.8, 4) is 0 Å². The molecule has 0 atom stereocenters. The van der Waals surface area contributed by atoms with Gasteiger partial charge in [0.15, 0.2) is 6.61 Å². The number of anilines is 2. The Hall–Kier alpha value is -3.35. The number of amides is 2. The first-order valence-electron chi connectivity index (χ1n) is 9.93. The third-order valence-electron chi connectivity index (χ3n) is 5.11. The number of hydrogen-bond donors (Lipinski definition) is 0. The monoisotopic (exact) mass is 409 g/mol. The Morgan fingerprint density at radius 3 is 2.23 bits per heavy atom. The van der Waals surface area contributed by atoms with Crippen LogP contribution in [0.1, 0.15) is 28.8 Å². The molecular weight excluding hydrogens is 382 g/mol. The Bertz CT molecular complexity index is 907. The SMILES string of the molecule is CN(Cc1ccc(N(C)C)cc1)C(=O)COC(=O)c1ccc(N2CCCC2=O)cc1. The zero-order valence-corrected chi connectivity index (χ0v) is 17.6. The molecule has 2 amide bonds. The Labute approximate surface area is 176 Å². The van der Waals surface area contributed by atoms with E-state index in [1.54, 1.807) is 36.2 Å². The molecule has 158 valence electrons. The lowest BCUT2D eigenvalue weighted by atomic mass is 10.2. The Morgan fingerprint density at radius 2 is 1.67 bits per heavy atom. The van der Waals surface area contributed by atoms with Gasteiger partial charge in [-0.15, -0.1) is 0 Å². The summed E-state index contributed by atoms with van der Waals surface area (Å²) >= 11 is 0. The highest BCUT2D eigenvalue weighted by Crippen LogP contribution is 2.21. The van der Waals surface area contributed by atoms with Crippen LogP contribution in [0.5, 0.6) is 0 Å². The third kappa shape index (κ3) is 5.17. The van der Waals surface area contributed by atoms with Crippen molar-refractivity contribution >= 4 is 29.2 Å². The van der Waals surface area contributed by atoms with Crippen LogP contribution in [0.3, 0.4) is 0 Å². The van der Waals surface area contributed by atoms with Crippen LogP contribution in [-0.4, -0.2) is 57.0 Å². The van der Waals surface area contributed by atoms with E-state index in [1.807, 2.05) is 43.3 Å². The normalized spacial score (nSPS) is 13.3. The Balaban J connectivity index is 1.49. The van der Waals surface area contributed by atoms with E-state index < -0.39 is 5.97 Å². The highest BCUT2D eigenvalue weighted by Gasteiger charge is 2.22. The predicted octanol–water partition coefficient (Wildman–Crippen LogP) is 2.69. The number of carbonyl (C=O) groups is 3. The molecule has 0 unspecified atom stereocenters. The maximum absolute atomic E-state index is 12.3. The third-order valence-corrected chi connectivity index (χ3v) is 5.11. The summed E-state index contributed by atoms with van der Waals surface area (Å²) in [6, 6.07) is 14.6. The molecular formula is C23H27N3O4.